The zero-order chi connectivity index (χ0) is 28.1. The van der Waals surface area contributed by atoms with Gasteiger partial charge in [-0.25, -0.2) is 0 Å². The van der Waals surface area contributed by atoms with Gasteiger partial charge in [0.05, 0.1) is 0 Å². The number of hydrogen-bond acceptors (Lipinski definition) is 2. The highest BCUT2D eigenvalue weighted by Crippen LogP contribution is 2.67. The molecule has 3 fully saturated rings. The first-order valence-corrected chi connectivity index (χ1v) is 16.5. The highest BCUT2D eigenvalue weighted by atomic mass is 79.9. The predicted molar refractivity (Wildman–Crippen MR) is 165 cm³/mol. The lowest BCUT2D eigenvalue weighted by Crippen LogP contribution is -2.53. The van der Waals surface area contributed by atoms with Crippen molar-refractivity contribution >= 4 is 33.6 Å². The van der Waals surface area contributed by atoms with E-state index < -0.39 is 0 Å². The number of Topliss-reactive ketones (excluding diaryl/α,β-unsaturated/α-hetero) is 1. The number of rotatable bonds is 7. The summed E-state index contributed by atoms with van der Waals surface area (Å²) in [5, 5.41) is 0. The third-order valence-electron chi connectivity index (χ3n) is 12.2. The summed E-state index contributed by atoms with van der Waals surface area (Å²) >= 11 is 3.51. The molecule has 0 unspecified atom stereocenters. The van der Waals surface area contributed by atoms with Crippen LogP contribution in [0.3, 0.4) is 0 Å². The van der Waals surface area contributed by atoms with Crippen molar-refractivity contribution in [3.8, 4) is 0 Å². The predicted octanol–water partition coefficient (Wildman–Crippen LogP) is 9.87. The van der Waals surface area contributed by atoms with E-state index in [9.17, 15) is 9.59 Å². The van der Waals surface area contributed by atoms with Crippen molar-refractivity contribution in [2.75, 3.05) is 0 Å². The van der Waals surface area contributed by atoms with Gasteiger partial charge in [-0.05, 0) is 115 Å². The Morgan fingerprint density at radius 3 is 2.38 bits per heavy atom. The molecule has 0 N–H and O–H groups in total. The molecule has 212 valence electrons. The van der Waals surface area contributed by atoms with Crippen LogP contribution in [0.2, 0.25) is 0 Å². The molecule has 4 aliphatic carbocycles. The van der Waals surface area contributed by atoms with E-state index >= 15 is 0 Å². The van der Waals surface area contributed by atoms with Crippen LogP contribution in [0.15, 0.2) is 46.0 Å². The monoisotopic (exact) mass is 592 g/mol. The second-order valence-electron chi connectivity index (χ2n) is 14.4. The Hall–Kier alpha value is -1.48. The number of hydrogen-bond donors (Lipinski definition) is 0. The minimum absolute atomic E-state index is 0.0272. The summed E-state index contributed by atoms with van der Waals surface area (Å²) < 4.78 is 1.04. The summed E-state index contributed by atoms with van der Waals surface area (Å²) in [4.78, 5) is 26.9. The van der Waals surface area contributed by atoms with Crippen LogP contribution in [0, 0.1) is 52.3 Å². The van der Waals surface area contributed by atoms with Gasteiger partial charge in [0.15, 0.2) is 11.6 Å². The topological polar surface area (TPSA) is 34.1 Å². The van der Waals surface area contributed by atoms with Gasteiger partial charge in [-0.15, -0.1) is 0 Å². The summed E-state index contributed by atoms with van der Waals surface area (Å²) in [6.07, 6.45) is 14.2. The van der Waals surface area contributed by atoms with Gasteiger partial charge in [-0.1, -0.05) is 82.4 Å². The molecule has 3 heteroatoms. The van der Waals surface area contributed by atoms with Gasteiger partial charge in [-0.2, -0.15) is 0 Å². The number of halogens is 1. The highest BCUT2D eigenvalue weighted by Gasteiger charge is 2.61. The van der Waals surface area contributed by atoms with E-state index in [0.29, 0.717) is 36.0 Å². The minimum Gasteiger partial charge on any atom is -0.295 e. The lowest BCUT2D eigenvalue weighted by molar-refractivity contribution is -0.130. The van der Waals surface area contributed by atoms with Gasteiger partial charge in [-0.3, -0.25) is 9.59 Å². The first kappa shape index (κ1) is 29.0. The van der Waals surface area contributed by atoms with Crippen molar-refractivity contribution in [3.63, 3.8) is 0 Å². The van der Waals surface area contributed by atoms with Crippen LogP contribution in [-0.2, 0) is 9.59 Å². The molecule has 0 aromatic heterocycles. The molecular weight excluding hydrogens is 544 g/mol. The van der Waals surface area contributed by atoms with Crippen LogP contribution in [0.1, 0.15) is 105 Å². The summed E-state index contributed by atoms with van der Waals surface area (Å²) in [6.45, 7) is 14.5. The fourth-order valence-electron chi connectivity index (χ4n) is 9.93. The van der Waals surface area contributed by atoms with Crippen LogP contribution in [0.4, 0.5) is 0 Å². The van der Waals surface area contributed by atoms with E-state index in [-0.39, 0.29) is 17.0 Å². The van der Waals surface area contributed by atoms with Gasteiger partial charge in [0.2, 0.25) is 0 Å². The molecule has 2 nitrogen and oxygen atoms in total. The van der Waals surface area contributed by atoms with Gasteiger partial charge >= 0.3 is 0 Å². The second kappa shape index (κ2) is 11.1. The molecule has 1 aromatic rings. The third kappa shape index (κ3) is 5.20. The smallest absolute Gasteiger partial charge is 0.182 e. The van der Waals surface area contributed by atoms with Crippen molar-refractivity contribution in [2.45, 2.75) is 99.3 Å². The molecule has 4 aliphatic rings. The maximum Gasteiger partial charge on any atom is 0.182 e. The third-order valence-corrected chi connectivity index (χ3v) is 12.7. The summed E-state index contributed by atoms with van der Waals surface area (Å²) in [5.74, 6) is 4.98. The standard InChI is InChI=1S/C36H49BrO2/c1-7-25(22(2)3)11-8-23(4)29-14-15-30-28-19-34(39)32-20-33(38)26(18-24-9-12-27(37)13-10-24)21-36(32,6)31(28)16-17-35(29,30)5/h9-10,12-13,18,20,22-23,25,28-31H,7-8,11,14-17,19,21H2,1-6H3/b26-18+/t23-,25-,28+,29-,30+,31+,35-,36-/m1/s1. The van der Waals surface area contributed by atoms with E-state index in [1.807, 2.05) is 12.1 Å². The zero-order valence-corrected chi connectivity index (χ0v) is 26.6. The molecule has 0 bridgehead atoms. The van der Waals surface area contributed by atoms with E-state index in [4.69, 9.17) is 0 Å². The normalized spacial score (nSPS) is 36.8. The van der Waals surface area contributed by atoms with Gasteiger partial charge in [0.1, 0.15) is 0 Å². The summed E-state index contributed by atoms with van der Waals surface area (Å²) in [5.41, 5.74) is 2.85. The van der Waals surface area contributed by atoms with Crippen LogP contribution in [0.5, 0.6) is 0 Å². The van der Waals surface area contributed by atoms with Crippen LogP contribution < -0.4 is 0 Å². The van der Waals surface area contributed by atoms with Gasteiger partial charge in [0, 0.05) is 27.5 Å². The van der Waals surface area contributed by atoms with E-state index in [1.165, 1.54) is 44.9 Å². The van der Waals surface area contributed by atoms with Crippen LogP contribution in [-0.4, -0.2) is 11.6 Å². The summed E-state index contributed by atoms with van der Waals surface area (Å²) in [6, 6.07) is 8.15. The summed E-state index contributed by atoms with van der Waals surface area (Å²) in [7, 11) is 0. The first-order chi connectivity index (χ1) is 18.5. The minimum atomic E-state index is -0.230. The van der Waals surface area contributed by atoms with Crippen LogP contribution >= 0.6 is 15.9 Å². The molecule has 0 heterocycles. The average Bonchev–Trinajstić information content (AvgIpc) is 3.24. The molecule has 3 saturated carbocycles. The molecule has 0 spiro atoms. The van der Waals surface area contributed by atoms with Crippen molar-refractivity contribution < 1.29 is 9.59 Å². The van der Waals surface area contributed by atoms with E-state index in [1.54, 1.807) is 6.08 Å². The number of ketones is 2. The van der Waals surface area contributed by atoms with Gasteiger partial charge < -0.3 is 0 Å². The van der Waals surface area contributed by atoms with Crippen molar-refractivity contribution in [1.29, 1.82) is 0 Å². The Morgan fingerprint density at radius 1 is 1.00 bits per heavy atom. The Morgan fingerprint density at radius 2 is 1.72 bits per heavy atom. The number of benzene rings is 1. The zero-order valence-electron chi connectivity index (χ0n) is 25.1. The maximum absolute atomic E-state index is 13.7. The number of allylic oxidation sites excluding steroid dienone is 2. The molecule has 8 atom stereocenters. The quantitative estimate of drug-likeness (QED) is 0.295. The number of carbonyl (C=O) groups excluding carboxylic acids is 2. The maximum atomic E-state index is 13.7. The number of carbonyl (C=O) groups is 2. The molecule has 39 heavy (non-hydrogen) atoms. The fraction of sp³-hybridized carbons (Fsp3) is 0.667. The lowest BCUT2D eigenvalue weighted by Gasteiger charge is -2.58. The van der Waals surface area contributed by atoms with E-state index in [0.717, 1.165) is 44.9 Å². The SMILES string of the molecule is CC[C@H](CC[C@@H](C)[C@H]1CC[C@H]2[C@@H]3CC(=O)C4=CC(=O)/C(=C/c5ccc(Br)cc5)C[C@]4(C)[C@H]3CC[C@]12C)C(C)C. The number of fused-ring (bicyclic) bond motifs is 5. The van der Waals surface area contributed by atoms with Crippen LogP contribution in [0.25, 0.3) is 6.08 Å². The fourth-order valence-corrected chi connectivity index (χ4v) is 10.2. The van der Waals surface area contributed by atoms with Crippen molar-refractivity contribution in [2.24, 2.45) is 52.3 Å². The van der Waals surface area contributed by atoms with E-state index in [2.05, 4.69) is 75.7 Å². The Bertz CT molecular complexity index is 1160. The Balaban J connectivity index is 1.38. The largest absolute Gasteiger partial charge is 0.295 e. The van der Waals surface area contributed by atoms with Gasteiger partial charge in [0.25, 0.3) is 0 Å². The first-order valence-electron chi connectivity index (χ1n) is 15.7. The molecule has 0 saturated heterocycles. The molecule has 0 radical (unpaired) electrons. The molecular formula is C36H49BrO2. The Labute approximate surface area is 245 Å². The average molecular weight is 594 g/mol. The highest BCUT2D eigenvalue weighted by molar-refractivity contribution is 9.10. The molecule has 0 aliphatic heterocycles. The lowest BCUT2D eigenvalue weighted by atomic mass is 9.46. The second-order valence-corrected chi connectivity index (χ2v) is 15.4. The van der Waals surface area contributed by atoms with Crippen molar-refractivity contribution in [3.05, 3.63) is 51.5 Å². The molecule has 0 amide bonds. The molecule has 5 rings (SSSR count). The Kier molecular flexibility index (Phi) is 8.24. The van der Waals surface area contributed by atoms with Crippen molar-refractivity contribution in [1.82, 2.24) is 0 Å². The molecule has 1 aromatic carbocycles.